The largest absolute Gasteiger partial charge is 0.437 e. The molecule has 0 bridgehead atoms. The van der Waals surface area contributed by atoms with Crippen molar-refractivity contribution >= 4 is 46.4 Å². The molecule has 0 saturated heterocycles. The molecular formula is C17H13ClN4O3. The van der Waals surface area contributed by atoms with Crippen molar-refractivity contribution in [1.82, 2.24) is 0 Å². The molecule has 1 aliphatic heterocycles. The Morgan fingerprint density at radius 3 is 2.52 bits per heavy atom. The zero-order valence-electron chi connectivity index (χ0n) is 13.1. The molecule has 3 rings (SSSR count). The van der Waals surface area contributed by atoms with Gasteiger partial charge >= 0.3 is 12.0 Å². The van der Waals surface area contributed by atoms with E-state index in [1.807, 2.05) is 6.07 Å². The Morgan fingerprint density at radius 1 is 1.16 bits per heavy atom. The van der Waals surface area contributed by atoms with E-state index in [2.05, 4.69) is 15.6 Å². The van der Waals surface area contributed by atoms with Crippen molar-refractivity contribution in [1.29, 1.82) is 0 Å². The lowest BCUT2D eigenvalue weighted by Gasteiger charge is -2.10. The SMILES string of the molecule is CC1=NN(c2ccccc2)C(=O)/C1=N/OC(=O)Nc1ccc(Cl)cc1. The minimum Gasteiger partial charge on any atom is -0.297 e. The smallest absolute Gasteiger partial charge is 0.297 e. The number of rotatable bonds is 3. The van der Waals surface area contributed by atoms with Crippen molar-refractivity contribution in [3.05, 3.63) is 59.6 Å². The summed E-state index contributed by atoms with van der Waals surface area (Å²) in [5.74, 6) is -0.469. The number of amides is 2. The summed E-state index contributed by atoms with van der Waals surface area (Å²) in [7, 11) is 0. The summed E-state index contributed by atoms with van der Waals surface area (Å²) in [5, 5.41) is 12.0. The highest BCUT2D eigenvalue weighted by molar-refractivity contribution is 6.71. The Kier molecular flexibility index (Phi) is 4.76. The van der Waals surface area contributed by atoms with E-state index in [1.165, 1.54) is 5.01 Å². The summed E-state index contributed by atoms with van der Waals surface area (Å²) in [5.41, 5.74) is 1.41. The average molecular weight is 357 g/mol. The van der Waals surface area contributed by atoms with E-state index in [-0.39, 0.29) is 5.71 Å². The second-order valence-corrected chi connectivity index (χ2v) is 5.52. The zero-order chi connectivity index (χ0) is 17.8. The van der Waals surface area contributed by atoms with Crippen LogP contribution in [-0.4, -0.2) is 23.4 Å². The van der Waals surface area contributed by atoms with Crippen LogP contribution in [0.4, 0.5) is 16.2 Å². The highest BCUT2D eigenvalue weighted by Crippen LogP contribution is 2.19. The van der Waals surface area contributed by atoms with E-state index in [1.54, 1.807) is 55.5 Å². The van der Waals surface area contributed by atoms with Gasteiger partial charge in [0.15, 0.2) is 5.71 Å². The van der Waals surface area contributed by atoms with Crippen LogP contribution in [0, 0.1) is 0 Å². The molecule has 2 aromatic rings. The van der Waals surface area contributed by atoms with Gasteiger partial charge in [0.05, 0.1) is 11.4 Å². The molecule has 8 heteroatoms. The molecule has 0 aromatic heterocycles. The Labute approximate surface area is 148 Å². The molecule has 126 valence electrons. The van der Waals surface area contributed by atoms with Crippen LogP contribution in [0.3, 0.4) is 0 Å². The number of anilines is 2. The predicted molar refractivity (Wildman–Crippen MR) is 96.0 cm³/mol. The minimum absolute atomic E-state index is 0.0323. The summed E-state index contributed by atoms with van der Waals surface area (Å²) in [6, 6.07) is 15.4. The normalized spacial score (nSPS) is 15.3. The van der Waals surface area contributed by atoms with Crippen LogP contribution in [0.15, 0.2) is 64.9 Å². The van der Waals surface area contributed by atoms with Crippen molar-refractivity contribution in [2.24, 2.45) is 10.3 Å². The van der Waals surface area contributed by atoms with E-state index in [0.717, 1.165) is 0 Å². The van der Waals surface area contributed by atoms with Crippen LogP contribution in [-0.2, 0) is 9.63 Å². The van der Waals surface area contributed by atoms with Crippen LogP contribution in [0.2, 0.25) is 5.02 Å². The maximum absolute atomic E-state index is 12.4. The summed E-state index contributed by atoms with van der Waals surface area (Å²) in [4.78, 5) is 28.9. The molecule has 0 spiro atoms. The van der Waals surface area contributed by atoms with Crippen LogP contribution in [0.1, 0.15) is 6.92 Å². The van der Waals surface area contributed by atoms with E-state index in [0.29, 0.717) is 22.1 Å². The van der Waals surface area contributed by atoms with Gasteiger partial charge in [0.25, 0.3) is 0 Å². The predicted octanol–water partition coefficient (Wildman–Crippen LogP) is 3.67. The van der Waals surface area contributed by atoms with Crippen LogP contribution >= 0.6 is 11.6 Å². The Hall–Kier alpha value is -3.19. The number of nitrogens with one attached hydrogen (secondary N) is 1. The van der Waals surface area contributed by atoms with Crippen molar-refractivity contribution in [3.63, 3.8) is 0 Å². The third-order valence-corrected chi connectivity index (χ3v) is 3.55. The lowest BCUT2D eigenvalue weighted by molar-refractivity contribution is -0.112. The maximum atomic E-state index is 12.4. The number of carbonyl (C=O) groups excluding carboxylic acids is 2. The second-order valence-electron chi connectivity index (χ2n) is 5.09. The van der Waals surface area contributed by atoms with Crippen LogP contribution < -0.4 is 10.3 Å². The molecule has 0 radical (unpaired) electrons. The zero-order valence-corrected chi connectivity index (χ0v) is 13.9. The summed E-state index contributed by atoms with van der Waals surface area (Å²) in [6.45, 7) is 1.61. The molecule has 1 N–H and O–H groups in total. The molecule has 7 nitrogen and oxygen atoms in total. The van der Waals surface area contributed by atoms with E-state index in [9.17, 15) is 9.59 Å². The molecule has 0 fully saturated rings. The quantitative estimate of drug-likeness (QED) is 0.672. The number of nitrogens with zero attached hydrogens (tertiary/aromatic N) is 3. The first kappa shape index (κ1) is 16.7. The van der Waals surface area contributed by atoms with Gasteiger partial charge in [0.1, 0.15) is 0 Å². The van der Waals surface area contributed by atoms with Gasteiger partial charge in [-0.2, -0.15) is 10.1 Å². The summed E-state index contributed by atoms with van der Waals surface area (Å²) >= 11 is 5.77. The molecule has 1 heterocycles. The van der Waals surface area contributed by atoms with Gasteiger partial charge in [-0.25, -0.2) is 4.79 Å². The number of halogens is 1. The first-order valence-corrected chi connectivity index (χ1v) is 7.69. The number of carbonyl (C=O) groups is 2. The molecule has 1 aliphatic rings. The highest BCUT2D eigenvalue weighted by Gasteiger charge is 2.31. The molecule has 2 amide bonds. The fourth-order valence-electron chi connectivity index (χ4n) is 2.11. The second kappa shape index (κ2) is 7.14. The Balaban J connectivity index is 1.67. The number of para-hydroxylation sites is 1. The van der Waals surface area contributed by atoms with E-state index >= 15 is 0 Å². The minimum atomic E-state index is -0.825. The average Bonchev–Trinajstić information content (AvgIpc) is 2.90. The van der Waals surface area contributed by atoms with Gasteiger partial charge in [-0.15, -0.1) is 0 Å². The van der Waals surface area contributed by atoms with Gasteiger partial charge in [0, 0.05) is 10.7 Å². The lowest BCUT2D eigenvalue weighted by atomic mass is 10.2. The molecule has 0 aliphatic carbocycles. The van der Waals surface area contributed by atoms with E-state index in [4.69, 9.17) is 16.4 Å². The molecular weight excluding hydrogens is 344 g/mol. The van der Waals surface area contributed by atoms with Gasteiger partial charge < -0.3 is 0 Å². The fraction of sp³-hybridized carbons (Fsp3) is 0.0588. The van der Waals surface area contributed by atoms with Crippen molar-refractivity contribution in [2.75, 3.05) is 10.3 Å². The molecule has 0 unspecified atom stereocenters. The third kappa shape index (κ3) is 3.84. The number of benzene rings is 2. The summed E-state index contributed by atoms with van der Waals surface area (Å²) in [6.07, 6.45) is -0.825. The number of hydrogen-bond acceptors (Lipinski definition) is 5. The Bertz CT molecular complexity index is 863. The van der Waals surface area contributed by atoms with Gasteiger partial charge in [0.2, 0.25) is 0 Å². The lowest BCUT2D eigenvalue weighted by Crippen LogP contribution is -2.27. The van der Waals surface area contributed by atoms with Crippen LogP contribution in [0.5, 0.6) is 0 Å². The first-order valence-electron chi connectivity index (χ1n) is 7.31. The number of hydrogen-bond donors (Lipinski definition) is 1. The Morgan fingerprint density at radius 2 is 1.84 bits per heavy atom. The van der Waals surface area contributed by atoms with E-state index < -0.39 is 12.0 Å². The van der Waals surface area contributed by atoms with Crippen molar-refractivity contribution in [3.8, 4) is 0 Å². The van der Waals surface area contributed by atoms with Gasteiger partial charge in [-0.3, -0.25) is 14.9 Å². The molecule has 2 aromatic carbocycles. The first-order chi connectivity index (χ1) is 12.0. The highest BCUT2D eigenvalue weighted by atomic mass is 35.5. The maximum Gasteiger partial charge on any atom is 0.437 e. The standard InChI is InChI=1S/C17H13ClN4O3/c1-11-15(16(23)22(20-11)14-5-3-2-4-6-14)21-25-17(24)19-13-9-7-12(18)8-10-13/h2-10H,1H3,(H,19,24)/b21-15+. The number of hydrazone groups is 1. The fourth-order valence-corrected chi connectivity index (χ4v) is 2.23. The number of oxime groups is 1. The monoisotopic (exact) mass is 356 g/mol. The van der Waals surface area contributed by atoms with Gasteiger partial charge in [-0.1, -0.05) is 35.0 Å². The van der Waals surface area contributed by atoms with Crippen LogP contribution in [0.25, 0.3) is 0 Å². The summed E-state index contributed by atoms with van der Waals surface area (Å²) < 4.78 is 0. The van der Waals surface area contributed by atoms with Crippen molar-refractivity contribution in [2.45, 2.75) is 6.92 Å². The van der Waals surface area contributed by atoms with Crippen molar-refractivity contribution < 1.29 is 14.4 Å². The molecule has 0 saturated carbocycles. The molecule has 0 atom stereocenters. The molecule has 25 heavy (non-hydrogen) atoms. The topological polar surface area (TPSA) is 83.4 Å². The van der Waals surface area contributed by atoms with Gasteiger partial charge in [-0.05, 0) is 43.3 Å². The third-order valence-electron chi connectivity index (χ3n) is 3.30.